The zero-order valence-corrected chi connectivity index (χ0v) is 9.47. The van der Waals surface area contributed by atoms with Crippen LogP contribution in [-0.2, 0) is 0 Å². The summed E-state index contributed by atoms with van der Waals surface area (Å²) in [6, 6.07) is 0. The summed E-state index contributed by atoms with van der Waals surface area (Å²) in [5, 5.41) is 0. The molecule has 0 saturated heterocycles. The average Bonchev–Trinajstić information content (AvgIpc) is 2.21. The molecule has 0 N–H and O–H groups in total. The number of halogens is 7. The first-order valence-corrected chi connectivity index (χ1v) is 4.57. The van der Waals surface area contributed by atoms with Gasteiger partial charge in [-0.3, -0.25) is 4.39 Å². The molecule has 0 amide bonds. The number of rotatable bonds is 3. The molecule has 0 heterocycles. The molecule has 102 valence electrons. The minimum absolute atomic E-state index is 0.330. The molecule has 0 bridgehead atoms. The highest BCUT2D eigenvalue weighted by atomic mass is 19.4. The number of alkyl halides is 7. The predicted octanol–water partition coefficient (Wildman–Crippen LogP) is 4.94. The highest BCUT2D eigenvalue weighted by Gasteiger charge is 2.26. The van der Waals surface area contributed by atoms with Crippen LogP contribution >= 0.6 is 0 Å². The van der Waals surface area contributed by atoms with Crippen molar-refractivity contribution >= 4 is 0 Å². The zero-order valence-electron chi connectivity index (χ0n) is 9.47. The van der Waals surface area contributed by atoms with Gasteiger partial charge in [0.15, 0.2) is 6.67 Å². The third-order valence-corrected chi connectivity index (χ3v) is 1.21. The van der Waals surface area contributed by atoms with Crippen LogP contribution in [0.25, 0.3) is 0 Å². The van der Waals surface area contributed by atoms with Crippen LogP contribution < -0.4 is 0 Å². The maximum atomic E-state index is 11.8. The largest absolute Gasteiger partial charge is 0.388 e. The summed E-state index contributed by atoms with van der Waals surface area (Å²) in [6.07, 6.45) is -4.70. The van der Waals surface area contributed by atoms with Gasteiger partial charge in [-0.2, -0.15) is 13.2 Å². The molecule has 0 radical (unpaired) electrons. The monoisotopic (exact) mass is 258 g/mol. The van der Waals surface area contributed by atoms with Crippen LogP contribution in [0.15, 0.2) is 0 Å². The van der Waals surface area contributed by atoms with Gasteiger partial charge < -0.3 is 0 Å². The summed E-state index contributed by atoms with van der Waals surface area (Å²) in [5.74, 6) is -3.07. The van der Waals surface area contributed by atoms with Gasteiger partial charge in [-0.15, -0.1) is 0 Å². The van der Waals surface area contributed by atoms with Crippen molar-refractivity contribution in [1.29, 1.82) is 0 Å². The summed E-state index contributed by atoms with van der Waals surface area (Å²) in [7, 11) is 0.500. The first kappa shape index (κ1) is 20.9. The lowest BCUT2D eigenvalue weighted by Crippen LogP contribution is -2.17. The smallest absolute Gasteiger partial charge is 0.255 e. The van der Waals surface area contributed by atoms with Crippen LogP contribution in [0, 0.1) is 0 Å². The van der Waals surface area contributed by atoms with Gasteiger partial charge in [-0.25, -0.2) is 13.2 Å². The predicted molar refractivity (Wildman–Crippen MR) is 49.2 cm³/mol. The van der Waals surface area contributed by atoms with Crippen LogP contribution in [-0.4, -0.2) is 26.0 Å². The Kier molecular flexibility index (Phi) is 14.4. The Balaban J connectivity index is -0.000000188. The van der Waals surface area contributed by atoms with Crippen molar-refractivity contribution < 1.29 is 30.7 Å². The van der Waals surface area contributed by atoms with Crippen LogP contribution in [0.5, 0.6) is 0 Å². The molecule has 16 heavy (non-hydrogen) atoms. The SMILES string of the molecule is CCC(F)(F)F.CCCC(F)(F)CF.CF. The molecule has 0 aliphatic carbocycles. The molecule has 0 rings (SSSR count). The summed E-state index contributed by atoms with van der Waals surface area (Å²) < 4.78 is 76.6. The topological polar surface area (TPSA) is 0 Å². The van der Waals surface area contributed by atoms with Gasteiger partial charge in [0.1, 0.15) is 0 Å². The summed E-state index contributed by atoms with van der Waals surface area (Å²) >= 11 is 0. The van der Waals surface area contributed by atoms with E-state index in [1.54, 1.807) is 6.92 Å². The Labute approximate surface area is 90.8 Å². The van der Waals surface area contributed by atoms with E-state index in [9.17, 15) is 30.7 Å². The Hall–Kier alpha value is -0.490. The molecule has 0 atom stereocenters. The minimum atomic E-state index is -3.96. The van der Waals surface area contributed by atoms with Gasteiger partial charge in [0.05, 0.1) is 7.18 Å². The Morgan fingerprint density at radius 1 is 0.875 bits per heavy atom. The summed E-state index contributed by atoms with van der Waals surface area (Å²) in [5.41, 5.74) is 0. The van der Waals surface area contributed by atoms with Gasteiger partial charge >= 0.3 is 6.18 Å². The standard InChI is InChI=1S/C5H9F3.C3H5F3.CH3F/c1-2-3-5(7,8)4-6;1-2-3(4,5)6;1-2/h2-4H2,1H3;2H2,1H3;1H3. The van der Waals surface area contributed by atoms with Crippen molar-refractivity contribution in [2.45, 2.75) is 45.2 Å². The van der Waals surface area contributed by atoms with Crippen molar-refractivity contribution in [2.75, 3.05) is 13.9 Å². The van der Waals surface area contributed by atoms with Crippen LogP contribution in [0.3, 0.4) is 0 Å². The lowest BCUT2D eigenvalue weighted by molar-refractivity contribution is -0.130. The molecule has 0 aliphatic rings. The van der Waals surface area contributed by atoms with E-state index in [2.05, 4.69) is 0 Å². The molecule has 0 spiro atoms. The lowest BCUT2D eigenvalue weighted by atomic mass is 10.2. The molecular formula is C9H17F7. The van der Waals surface area contributed by atoms with Crippen molar-refractivity contribution in [1.82, 2.24) is 0 Å². The molecule has 0 fully saturated rings. The first-order chi connectivity index (χ1) is 7.18. The van der Waals surface area contributed by atoms with E-state index in [1.165, 1.54) is 0 Å². The molecule has 0 aromatic carbocycles. The maximum absolute atomic E-state index is 11.8. The van der Waals surface area contributed by atoms with E-state index in [-0.39, 0.29) is 6.42 Å². The van der Waals surface area contributed by atoms with Gasteiger partial charge in [-0.1, -0.05) is 20.3 Å². The van der Waals surface area contributed by atoms with Gasteiger partial charge in [0.2, 0.25) is 0 Å². The fraction of sp³-hybridized carbons (Fsp3) is 1.00. The third kappa shape index (κ3) is 23.4. The third-order valence-electron chi connectivity index (χ3n) is 1.21. The zero-order chi connectivity index (χ0) is 13.8. The van der Waals surface area contributed by atoms with Crippen LogP contribution in [0.2, 0.25) is 0 Å². The van der Waals surface area contributed by atoms with E-state index < -0.39 is 25.2 Å². The highest BCUT2D eigenvalue weighted by molar-refractivity contribution is 4.61. The van der Waals surface area contributed by atoms with Crippen molar-refractivity contribution in [3.8, 4) is 0 Å². The van der Waals surface area contributed by atoms with Gasteiger partial charge in [-0.05, 0) is 0 Å². The Morgan fingerprint density at radius 3 is 1.25 bits per heavy atom. The van der Waals surface area contributed by atoms with E-state index in [4.69, 9.17) is 0 Å². The quantitative estimate of drug-likeness (QED) is 0.629. The molecule has 0 aliphatic heterocycles. The van der Waals surface area contributed by atoms with Crippen LogP contribution in [0.1, 0.15) is 33.1 Å². The van der Waals surface area contributed by atoms with Gasteiger partial charge in [0.25, 0.3) is 5.92 Å². The molecule has 0 unspecified atom stereocenters. The van der Waals surface area contributed by atoms with Crippen molar-refractivity contribution in [2.24, 2.45) is 0 Å². The summed E-state index contributed by atoms with van der Waals surface area (Å²) in [4.78, 5) is 0. The minimum Gasteiger partial charge on any atom is -0.255 e. The molecular weight excluding hydrogens is 241 g/mol. The Bertz CT molecular complexity index is 130. The fourth-order valence-electron chi connectivity index (χ4n) is 0.433. The second kappa shape index (κ2) is 11.0. The van der Waals surface area contributed by atoms with Crippen molar-refractivity contribution in [3.63, 3.8) is 0 Å². The highest BCUT2D eigenvalue weighted by Crippen LogP contribution is 2.19. The molecule has 0 nitrogen and oxygen atoms in total. The molecule has 0 saturated carbocycles. The maximum Gasteiger partial charge on any atom is 0.388 e. The van der Waals surface area contributed by atoms with E-state index >= 15 is 0 Å². The second-order valence-corrected chi connectivity index (χ2v) is 2.71. The van der Waals surface area contributed by atoms with Crippen molar-refractivity contribution in [3.05, 3.63) is 0 Å². The van der Waals surface area contributed by atoms with E-state index in [0.717, 1.165) is 6.92 Å². The molecule has 0 aromatic heterocycles. The Morgan fingerprint density at radius 2 is 1.19 bits per heavy atom. The van der Waals surface area contributed by atoms with Gasteiger partial charge in [0, 0.05) is 12.8 Å². The number of hydrogen-bond donors (Lipinski definition) is 0. The first-order valence-electron chi connectivity index (χ1n) is 4.57. The summed E-state index contributed by atoms with van der Waals surface area (Å²) in [6.45, 7) is 1.16. The van der Waals surface area contributed by atoms with E-state index in [0.29, 0.717) is 13.6 Å². The molecule has 0 aromatic rings. The fourth-order valence-corrected chi connectivity index (χ4v) is 0.433. The lowest BCUT2D eigenvalue weighted by Gasteiger charge is -2.08. The average molecular weight is 258 g/mol. The molecule has 7 heteroatoms. The van der Waals surface area contributed by atoms with E-state index in [1.807, 2.05) is 0 Å². The van der Waals surface area contributed by atoms with Crippen LogP contribution in [0.4, 0.5) is 30.7 Å². The normalized spacial score (nSPS) is 10.9. The second-order valence-electron chi connectivity index (χ2n) is 2.71. The number of hydrogen-bond acceptors (Lipinski definition) is 0.